The first-order chi connectivity index (χ1) is 11.3. The molecule has 1 heterocycles. The van der Waals surface area contributed by atoms with E-state index >= 15 is 0 Å². The number of hydrogen-bond donors (Lipinski definition) is 0. The number of aryl methyl sites for hydroxylation is 1. The number of benzene rings is 1. The number of methoxy groups -OCH3 is 1. The fourth-order valence-electron chi connectivity index (χ4n) is 2.29. The molecule has 0 amide bonds. The highest BCUT2D eigenvalue weighted by Gasteiger charge is 2.18. The van der Waals surface area contributed by atoms with E-state index < -0.39 is 23.3 Å². The van der Waals surface area contributed by atoms with E-state index in [2.05, 4.69) is 9.72 Å². The summed E-state index contributed by atoms with van der Waals surface area (Å²) in [6.45, 7) is 3.34. The smallest absolute Gasteiger partial charge is 0.353 e. The van der Waals surface area contributed by atoms with Gasteiger partial charge in [0.25, 0.3) is 0 Å². The zero-order valence-electron chi connectivity index (χ0n) is 13.7. The molecule has 0 aliphatic carbocycles. The summed E-state index contributed by atoms with van der Waals surface area (Å²) in [7, 11) is 1.26. The zero-order valence-corrected chi connectivity index (χ0v) is 14.4. The van der Waals surface area contributed by atoms with Crippen LogP contribution < -0.4 is 11.4 Å². The molecule has 0 bridgehead atoms. The Morgan fingerprint density at radius 2 is 1.88 bits per heavy atom. The van der Waals surface area contributed by atoms with Crippen molar-refractivity contribution in [3.8, 4) is 0 Å². The highest BCUT2D eigenvalue weighted by Crippen LogP contribution is 2.10. The first-order valence-corrected chi connectivity index (χ1v) is 7.71. The zero-order chi connectivity index (χ0) is 17.9. The number of halogens is 1. The van der Waals surface area contributed by atoms with E-state index in [1.54, 1.807) is 38.1 Å². The number of carbonyl (C=O) groups excluding carboxylic acids is 1. The first-order valence-electron chi connectivity index (χ1n) is 7.34. The molecule has 8 heteroatoms. The van der Waals surface area contributed by atoms with Gasteiger partial charge in [-0.15, -0.1) is 0 Å². The van der Waals surface area contributed by atoms with Crippen LogP contribution in [0, 0.1) is 12.8 Å². The second kappa shape index (κ2) is 7.44. The van der Waals surface area contributed by atoms with Crippen LogP contribution in [0.1, 0.15) is 18.3 Å². The van der Waals surface area contributed by atoms with Crippen LogP contribution in [0.4, 0.5) is 0 Å². The second-order valence-corrected chi connectivity index (χ2v) is 5.91. The molecule has 1 aromatic carbocycles. The van der Waals surface area contributed by atoms with Gasteiger partial charge in [0.1, 0.15) is 5.82 Å². The Labute approximate surface area is 143 Å². The third-order valence-electron chi connectivity index (χ3n) is 3.65. The molecule has 128 valence electrons. The van der Waals surface area contributed by atoms with E-state index in [-0.39, 0.29) is 13.1 Å². The standard InChI is InChI=1S/C16H18ClN3O4/c1-10(14(21)24-3)8-20-15(22)18-11(2)19(16(20)23)9-12-4-6-13(17)7-5-12/h4-7,10H,8-9H2,1-3H3/t10-/m0/s1. The van der Waals surface area contributed by atoms with Gasteiger partial charge in [-0.05, 0) is 24.6 Å². The maximum Gasteiger partial charge on any atom is 0.353 e. The quantitative estimate of drug-likeness (QED) is 0.756. The van der Waals surface area contributed by atoms with Crippen molar-refractivity contribution >= 4 is 17.6 Å². The molecule has 2 aromatic rings. The van der Waals surface area contributed by atoms with Gasteiger partial charge in [0, 0.05) is 11.6 Å². The fourth-order valence-corrected chi connectivity index (χ4v) is 2.41. The summed E-state index contributed by atoms with van der Waals surface area (Å²) in [6.07, 6.45) is 0. The maximum absolute atomic E-state index is 12.6. The molecule has 7 nitrogen and oxygen atoms in total. The summed E-state index contributed by atoms with van der Waals surface area (Å²) in [5.74, 6) is -0.818. The van der Waals surface area contributed by atoms with Gasteiger partial charge in [0.2, 0.25) is 0 Å². The normalized spacial score (nSPS) is 12.0. The monoisotopic (exact) mass is 351 g/mol. The summed E-state index contributed by atoms with van der Waals surface area (Å²) in [5, 5.41) is 0.595. The molecule has 1 atom stereocenters. The van der Waals surface area contributed by atoms with Crippen molar-refractivity contribution in [1.82, 2.24) is 14.1 Å². The Balaban J connectivity index is 2.40. The molecule has 24 heavy (non-hydrogen) atoms. The van der Waals surface area contributed by atoms with Crippen LogP contribution in [-0.4, -0.2) is 27.2 Å². The minimum atomic E-state index is -0.680. The van der Waals surface area contributed by atoms with Gasteiger partial charge in [-0.3, -0.25) is 9.36 Å². The molecule has 2 rings (SSSR count). The van der Waals surface area contributed by atoms with Gasteiger partial charge in [-0.2, -0.15) is 4.98 Å². The average molecular weight is 352 g/mol. The largest absolute Gasteiger partial charge is 0.469 e. The van der Waals surface area contributed by atoms with E-state index in [1.807, 2.05) is 0 Å². The Kier molecular flexibility index (Phi) is 5.56. The van der Waals surface area contributed by atoms with Crippen LogP contribution >= 0.6 is 11.6 Å². The number of ether oxygens (including phenoxy) is 1. The van der Waals surface area contributed by atoms with Crippen LogP contribution in [-0.2, 0) is 22.6 Å². The van der Waals surface area contributed by atoms with Gasteiger partial charge in [0.15, 0.2) is 0 Å². The maximum atomic E-state index is 12.6. The van der Waals surface area contributed by atoms with Gasteiger partial charge < -0.3 is 4.74 Å². The minimum absolute atomic E-state index is 0.0851. The lowest BCUT2D eigenvalue weighted by molar-refractivity contribution is -0.145. The Bertz CT molecular complexity index is 855. The molecule has 0 spiro atoms. The van der Waals surface area contributed by atoms with E-state index in [0.29, 0.717) is 10.8 Å². The van der Waals surface area contributed by atoms with E-state index in [1.165, 1.54) is 11.7 Å². The van der Waals surface area contributed by atoms with Gasteiger partial charge in [-0.1, -0.05) is 30.7 Å². The lowest BCUT2D eigenvalue weighted by Crippen LogP contribution is -2.44. The summed E-state index contributed by atoms with van der Waals surface area (Å²) in [5.41, 5.74) is -0.351. The van der Waals surface area contributed by atoms with Crippen molar-refractivity contribution in [3.63, 3.8) is 0 Å². The van der Waals surface area contributed by atoms with Crippen molar-refractivity contribution in [2.45, 2.75) is 26.9 Å². The molecule has 0 unspecified atom stereocenters. The number of aromatic nitrogens is 3. The van der Waals surface area contributed by atoms with E-state index in [9.17, 15) is 14.4 Å². The molecule has 0 aliphatic heterocycles. The SMILES string of the molecule is COC(=O)[C@@H](C)Cn1c(=O)nc(C)n(Cc2ccc(Cl)cc2)c1=O. The molecular weight excluding hydrogens is 334 g/mol. The first kappa shape index (κ1) is 17.9. The lowest BCUT2D eigenvalue weighted by Gasteiger charge is -2.14. The molecule has 0 aliphatic rings. The fraction of sp³-hybridized carbons (Fsp3) is 0.375. The Morgan fingerprint density at radius 1 is 1.25 bits per heavy atom. The van der Waals surface area contributed by atoms with Crippen molar-refractivity contribution < 1.29 is 9.53 Å². The Hall–Kier alpha value is -2.41. The molecule has 0 fully saturated rings. The summed E-state index contributed by atoms with van der Waals surface area (Å²) in [6, 6.07) is 7.03. The molecule has 0 saturated heterocycles. The van der Waals surface area contributed by atoms with E-state index in [4.69, 9.17) is 11.6 Å². The highest BCUT2D eigenvalue weighted by molar-refractivity contribution is 6.30. The van der Waals surface area contributed by atoms with Crippen LogP contribution in [0.2, 0.25) is 5.02 Å². The highest BCUT2D eigenvalue weighted by atomic mass is 35.5. The Morgan fingerprint density at radius 3 is 2.46 bits per heavy atom. The molecule has 0 N–H and O–H groups in total. The van der Waals surface area contributed by atoms with Crippen molar-refractivity contribution in [2.75, 3.05) is 7.11 Å². The predicted octanol–water partition coefficient (Wildman–Crippen LogP) is 1.22. The topological polar surface area (TPSA) is 83.2 Å². The number of rotatable bonds is 5. The van der Waals surface area contributed by atoms with Crippen LogP contribution in [0.5, 0.6) is 0 Å². The lowest BCUT2D eigenvalue weighted by atomic mass is 10.2. The third-order valence-corrected chi connectivity index (χ3v) is 3.91. The summed E-state index contributed by atoms with van der Waals surface area (Å²) >= 11 is 5.85. The predicted molar refractivity (Wildman–Crippen MR) is 89.2 cm³/mol. The number of carbonyl (C=O) groups is 1. The molecule has 1 aromatic heterocycles. The number of hydrogen-bond acceptors (Lipinski definition) is 5. The third kappa shape index (κ3) is 3.91. The van der Waals surface area contributed by atoms with Crippen LogP contribution in [0.25, 0.3) is 0 Å². The number of esters is 1. The summed E-state index contributed by atoms with van der Waals surface area (Å²) in [4.78, 5) is 40.1. The van der Waals surface area contributed by atoms with Crippen LogP contribution in [0.15, 0.2) is 33.9 Å². The van der Waals surface area contributed by atoms with Gasteiger partial charge in [0.05, 0.1) is 19.6 Å². The van der Waals surface area contributed by atoms with Crippen molar-refractivity contribution in [1.29, 1.82) is 0 Å². The molecule has 0 radical (unpaired) electrons. The van der Waals surface area contributed by atoms with Gasteiger partial charge in [-0.25, -0.2) is 14.2 Å². The summed E-state index contributed by atoms with van der Waals surface area (Å²) < 4.78 is 6.96. The van der Waals surface area contributed by atoms with Crippen LogP contribution in [0.3, 0.4) is 0 Å². The van der Waals surface area contributed by atoms with Crippen molar-refractivity contribution in [3.05, 3.63) is 61.6 Å². The minimum Gasteiger partial charge on any atom is -0.469 e. The molecule has 0 saturated carbocycles. The number of nitrogens with zero attached hydrogens (tertiary/aromatic N) is 3. The van der Waals surface area contributed by atoms with Crippen molar-refractivity contribution in [2.24, 2.45) is 5.92 Å². The molecular formula is C16H18ClN3O4. The average Bonchev–Trinajstić information content (AvgIpc) is 2.56. The van der Waals surface area contributed by atoms with E-state index in [0.717, 1.165) is 10.1 Å². The van der Waals surface area contributed by atoms with Gasteiger partial charge >= 0.3 is 17.3 Å². The second-order valence-electron chi connectivity index (χ2n) is 5.47.